The first-order chi connectivity index (χ1) is 8.26. The number of thioether (sulfide) groups is 1. The van der Waals surface area contributed by atoms with E-state index in [-0.39, 0.29) is 12.5 Å². The molecule has 0 radical (unpaired) electrons. The van der Waals surface area contributed by atoms with Gasteiger partial charge in [0.05, 0.1) is 19.0 Å². The van der Waals surface area contributed by atoms with E-state index in [0.29, 0.717) is 18.1 Å². The highest BCUT2D eigenvalue weighted by molar-refractivity contribution is 7.99. The third-order valence-corrected chi connectivity index (χ3v) is 2.86. The minimum Gasteiger partial charge on any atom is -0.494 e. The molecule has 1 amide bonds. The molecule has 2 N–H and O–H groups in total. The number of hydrogen-bond acceptors (Lipinski definition) is 4. The number of rotatable bonds is 7. The number of anilines is 1. The Labute approximate surface area is 105 Å². The van der Waals surface area contributed by atoms with Crippen LogP contribution >= 0.6 is 11.8 Å². The van der Waals surface area contributed by atoms with Gasteiger partial charge in [0.1, 0.15) is 5.75 Å². The Morgan fingerprint density at radius 2 is 2.12 bits per heavy atom. The lowest BCUT2D eigenvalue weighted by Gasteiger charge is -2.06. The molecule has 5 heteroatoms. The van der Waals surface area contributed by atoms with Gasteiger partial charge in [-0.2, -0.15) is 0 Å². The van der Waals surface area contributed by atoms with Crippen molar-refractivity contribution >= 4 is 23.4 Å². The van der Waals surface area contributed by atoms with Gasteiger partial charge < -0.3 is 15.2 Å². The predicted octanol–water partition coefficient (Wildman–Crippen LogP) is 1.75. The fourth-order valence-corrected chi connectivity index (χ4v) is 1.76. The third kappa shape index (κ3) is 5.60. The molecule has 0 atom stereocenters. The molecule has 0 heterocycles. The molecule has 94 valence electrons. The maximum Gasteiger partial charge on any atom is 0.234 e. The van der Waals surface area contributed by atoms with Crippen LogP contribution in [0.15, 0.2) is 24.3 Å². The van der Waals surface area contributed by atoms with Crippen LogP contribution in [0.4, 0.5) is 5.69 Å². The normalized spacial score (nSPS) is 10.0. The summed E-state index contributed by atoms with van der Waals surface area (Å²) in [6.07, 6.45) is 0. The third-order valence-electron chi connectivity index (χ3n) is 1.92. The van der Waals surface area contributed by atoms with Crippen molar-refractivity contribution in [2.75, 3.05) is 30.0 Å². The van der Waals surface area contributed by atoms with Crippen molar-refractivity contribution in [2.24, 2.45) is 0 Å². The summed E-state index contributed by atoms with van der Waals surface area (Å²) in [5.74, 6) is 1.66. The zero-order valence-corrected chi connectivity index (χ0v) is 10.6. The number of hydrogen-bond donors (Lipinski definition) is 2. The average molecular weight is 255 g/mol. The monoisotopic (exact) mass is 255 g/mol. The lowest BCUT2D eigenvalue weighted by molar-refractivity contribution is -0.113. The lowest BCUT2D eigenvalue weighted by Crippen LogP contribution is -2.14. The molecule has 0 aromatic heterocycles. The molecule has 0 saturated heterocycles. The molecular weight excluding hydrogens is 238 g/mol. The van der Waals surface area contributed by atoms with Crippen LogP contribution in [0, 0.1) is 0 Å². The molecule has 0 aliphatic carbocycles. The van der Waals surface area contributed by atoms with E-state index in [9.17, 15) is 4.79 Å². The highest BCUT2D eigenvalue weighted by Crippen LogP contribution is 2.15. The molecule has 17 heavy (non-hydrogen) atoms. The maximum atomic E-state index is 11.5. The van der Waals surface area contributed by atoms with E-state index < -0.39 is 0 Å². The molecule has 0 aliphatic heterocycles. The second kappa shape index (κ2) is 7.97. The highest BCUT2D eigenvalue weighted by atomic mass is 32.2. The Morgan fingerprint density at radius 3 is 2.71 bits per heavy atom. The van der Waals surface area contributed by atoms with E-state index in [1.165, 1.54) is 11.8 Å². The van der Waals surface area contributed by atoms with Crippen LogP contribution in [0.2, 0.25) is 0 Å². The smallest absolute Gasteiger partial charge is 0.234 e. The Balaban J connectivity index is 2.37. The summed E-state index contributed by atoms with van der Waals surface area (Å²) in [4.78, 5) is 11.5. The SMILES string of the molecule is CCOc1ccc(NC(=O)CSCCO)cc1. The molecule has 1 rings (SSSR count). The van der Waals surface area contributed by atoms with Crippen molar-refractivity contribution in [2.45, 2.75) is 6.92 Å². The van der Waals surface area contributed by atoms with Crippen molar-refractivity contribution in [3.8, 4) is 5.75 Å². The number of aliphatic hydroxyl groups is 1. The van der Waals surface area contributed by atoms with E-state index >= 15 is 0 Å². The molecule has 1 aromatic rings. The van der Waals surface area contributed by atoms with Gasteiger partial charge >= 0.3 is 0 Å². The number of carbonyl (C=O) groups is 1. The summed E-state index contributed by atoms with van der Waals surface area (Å²) in [5.41, 5.74) is 0.753. The predicted molar refractivity (Wildman–Crippen MR) is 70.7 cm³/mol. The summed E-state index contributed by atoms with van der Waals surface area (Å²) in [7, 11) is 0. The number of amides is 1. The summed E-state index contributed by atoms with van der Waals surface area (Å²) in [5, 5.41) is 11.4. The first-order valence-corrected chi connectivity index (χ1v) is 6.63. The Morgan fingerprint density at radius 1 is 1.41 bits per heavy atom. The van der Waals surface area contributed by atoms with E-state index in [4.69, 9.17) is 9.84 Å². The van der Waals surface area contributed by atoms with Crippen molar-refractivity contribution in [1.29, 1.82) is 0 Å². The second-order valence-electron chi connectivity index (χ2n) is 3.28. The summed E-state index contributed by atoms with van der Waals surface area (Å²) < 4.78 is 5.30. The van der Waals surface area contributed by atoms with Crippen LogP contribution in [0.25, 0.3) is 0 Å². The molecule has 0 fully saturated rings. The van der Waals surface area contributed by atoms with E-state index in [1.807, 2.05) is 19.1 Å². The first-order valence-electron chi connectivity index (χ1n) is 5.47. The zero-order chi connectivity index (χ0) is 12.5. The van der Waals surface area contributed by atoms with Gasteiger partial charge in [0.2, 0.25) is 5.91 Å². The van der Waals surface area contributed by atoms with Gasteiger partial charge in [-0.1, -0.05) is 0 Å². The van der Waals surface area contributed by atoms with Crippen LogP contribution in [0.5, 0.6) is 5.75 Å². The second-order valence-corrected chi connectivity index (χ2v) is 4.39. The minimum absolute atomic E-state index is 0.0624. The first kappa shape index (κ1) is 13.9. The fraction of sp³-hybridized carbons (Fsp3) is 0.417. The van der Waals surface area contributed by atoms with E-state index in [2.05, 4.69) is 5.32 Å². The Bertz CT molecular complexity index is 340. The maximum absolute atomic E-state index is 11.5. The largest absolute Gasteiger partial charge is 0.494 e. The molecule has 4 nitrogen and oxygen atoms in total. The van der Waals surface area contributed by atoms with Crippen LogP contribution in [0.1, 0.15) is 6.92 Å². The number of benzene rings is 1. The van der Waals surface area contributed by atoms with E-state index in [0.717, 1.165) is 11.4 Å². The van der Waals surface area contributed by atoms with Gasteiger partial charge in [-0.15, -0.1) is 11.8 Å². The lowest BCUT2D eigenvalue weighted by atomic mass is 10.3. The van der Waals surface area contributed by atoms with E-state index in [1.54, 1.807) is 12.1 Å². The van der Waals surface area contributed by atoms with Crippen molar-refractivity contribution in [3.63, 3.8) is 0 Å². The van der Waals surface area contributed by atoms with Crippen molar-refractivity contribution in [3.05, 3.63) is 24.3 Å². The molecular formula is C12H17NO3S. The van der Waals surface area contributed by atoms with Gasteiger partial charge in [0.25, 0.3) is 0 Å². The number of nitrogens with one attached hydrogen (secondary N) is 1. The number of carbonyl (C=O) groups excluding carboxylic acids is 1. The summed E-state index contributed by atoms with van der Waals surface area (Å²) >= 11 is 1.41. The van der Waals surface area contributed by atoms with Gasteiger partial charge in [0, 0.05) is 11.4 Å². The molecule has 0 bridgehead atoms. The van der Waals surface area contributed by atoms with Gasteiger partial charge in [-0.3, -0.25) is 4.79 Å². The quantitative estimate of drug-likeness (QED) is 0.729. The number of ether oxygens (including phenoxy) is 1. The van der Waals surface area contributed by atoms with Crippen LogP contribution in [-0.4, -0.2) is 35.7 Å². The number of aliphatic hydroxyl groups excluding tert-OH is 1. The Hall–Kier alpha value is -1.20. The average Bonchev–Trinajstić information content (AvgIpc) is 2.32. The van der Waals surface area contributed by atoms with Gasteiger partial charge in [0.15, 0.2) is 0 Å². The van der Waals surface area contributed by atoms with Crippen LogP contribution in [0.3, 0.4) is 0 Å². The molecule has 0 aliphatic rings. The summed E-state index contributed by atoms with van der Waals surface area (Å²) in [6.45, 7) is 2.65. The van der Waals surface area contributed by atoms with Crippen molar-refractivity contribution in [1.82, 2.24) is 0 Å². The Kier molecular flexibility index (Phi) is 6.50. The zero-order valence-electron chi connectivity index (χ0n) is 9.81. The van der Waals surface area contributed by atoms with Crippen molar-refractivity contribution < 1.29 is 14.6 Å². The topological polar surface area (TPSA) is 58.6 Å². The van der Waals surface area contributed by atoms with Crippen LogP contribution in [-0.2, 0) is 4.79 Å². The molecule has 0 saturated carbocycles. The minimum atomic E-state index is -0.0624. The molecule has 1 aromatic carbocycles. The molecule has 0 spiro atoms. The van der Waals surface area contributed by atoms with Crippen LogP contribution < -0.4 is 10.1 Å². The fourth-order valence-electron chi connectivity index (χ4n) is 1.23. The molecule has 0 unspecified atom stereocenters. The van der Waals surface area contributed by atoms with Gasteiger partial charge in [-0.05, 0) is 31.2 Å². The summed E-state index contributed by atoms with van der Waals surface area (Å²) in [6, 6.07) is 7.25. The highest BCUT2D eigenvalue weighted by Gasteiger charge is 2.02. The van der Waals surface area contributed by atoms with Gasteiger partial charge in [-0.25, -0.2) is 0 Å². The standard InChI is InChI=1S/C12H17NO3S/c1-2-16-11-5-3-10(4-6-11)13-12(15)9-17-8-7-14/h3-6,14H,2,7-9H2,1H3,(H,13,15).